The van der Waals surface area contributed by atoms with Gasteiger partial charge in [0, 0.05) is 19.3 Å². The molecule has 7 heteroatoms. The van der Waals surface area contributed by atoms with Crippen LogP contribution in [0.25, 0.3) is 11.0 Å². The van der Waals surface area contributed by atoms with Crippen LogP contribution in [-0.4, -0.2) is 33.4 Å². The number of hydrogen-bond donors (Lipinski definition) is 2. The first-order valence-corrected chi connectivity index (χ1v) is 8.38. The van der Waals surface area contributed by atoms with Crippen LogP contribution in [0.2, 0.25) is 5.15 Å². The Hall–Kier alpha value is -2.31. The fraction of sp³-hybridized carbons (Fsp3) is 0.333. The van der Waals surface area contributed by atoms with E-state index in [2.05, 4.69) is 16.0 Å². The number of anilines is 1. The Bertz CT molecular complexity index is 937. The number of aliphatic hydroxyl groups excluding tert-OH is 1. The van der Waals surface area contributed by atoms with Crippen LogP contribution in [0.1, 0.15) is 22.3 Å². The Morgan fingerprint density at radius 2 is 2.00 bits per heavy atom. The largest absolute Gasteiger partial charge is 0.496 e. The lowest BCUT2D eigenvalue weighted by Gasteiger charge is -2.14. The van der Waals surface area contributed by atoms with Gasteiger partial charge in [0.05, 0.1) is 12.5 Å². The highest BCUT2D eigenvalue weighted by molar-refractivity contribution is 6.34. The van der Waals surface area contributed by atoms with Crippen molar-refractivity contribution in [3.63, 3.8) is 0 Å². The number of nitrogens with zero attached hydrogens (tertiary/aromatic N) is 3. The van der Waals surface area contributed by atoms with E-state index in [1.165, 1.54) is 0 Å². The topological polar surface area (TPSA) is 86.2 Å². The second-order valence-electron chi connectivity index (χ2n) is 6.03. The number of halogens is 1. The van der Waals surface area contributed by atoms with E-state index in [-0.39, 0.29) is 12.6 Å². The number of aliphatic hydroxyl groups is 1. The predicted octanol–water partition coefficient (Wildman–Crippen LogP) is 2.88. The first kappa shape index (κ1) is 17.5. The zero-order chi connectivity index (χ0) is 18.1. The van der Waals surface area contributed by atoms with Gasteiger partial charge in [0.2, 0.25) is 5.95 Å². The Morgan fingerprint density at radius 1 is 1.24 bits per heavy atom. The van der Waals surface area contributed by atoms with Crippen molar-refractivity contribution in [3.05, 3.63) is 45.7 Å². The summed E-state index contributed by atoms with van der Waals surface area (Å²) in [5, 5.41) is 10.4. The monoisotopic (exact) mass is 360 g/mol. The Kier molecular flexibility index (Phi) is 4.83. The minimum atomic E-state index is 0.0250. The maximum atomic E-state index is 9.33. The third kappa shape index (κ3) is 3.15. The Morgan fingerprint density at radius 3 is 2.68 bits per heavy atom. The molecule has 0 unspecified atom stereocenters. The second-order valence-corrected chi connectivity index (χ2v) is 6.38. The summed E-state index contributed by atoms with van der Waals surface area (Å²) in [7, 11) is 1.68. The molecule has 25 heavy (non-hydrogen) atoms. The summed E-state index contributed by atoms with van der Waals surface area (Å²) < 4.78 is 7.50. The summed E-state index contributed by atoms with van der Waals surface area (Å²) in [6.07, 6.45) is 2.43. The van der Waals surface area contributed by atoms with Crippen LogP contribution < -0.4 is 10.5 Å². The zero-order valence-corrected chi connectivity index (χ0v) is 15.3. The third-order valence-corrected chi connectivity index (χ3v) is 4.68. The lowest BCUT2D eigenvalue weighted by Crippen LogP contribution is -2.05. The standard InChI is InChI=1S/C18H21ClN4O2/c1-10-4-5-12(11(2)15(10)25-3)8-23-9-13(6-7-24)14-16(19)21-18(20)22-17(14)23/h4-5,9,24H,6-8H2,1-3H3,(H2,20,21,22). The van der Waals surface area contributed by atoms with Crippen molar-refractivity contribution >= 4 is 28.6 Å². The molecule has 3 rings (SSSR count). The quantitative estimate of drug-likeness (QED) is 0.683. The van der Waals surface area contributed by atoms with Crippen molar-refractivity contribution in [2.75, 3.05) is 19.5 Å². The van der Waals surface area contributed by atoms with Crippen molar-refractivity contribution < 1.29 is 9.84 Å². The molecule has 0 fully saturated rings. The van der Waals surface area contributed by atoms with Gasteiger partial charge in [0.1, 0.15) is 16.5 Å². The second kappa shape index (κ2) is 6.90. The van der Waals surface area contributed by atoms with E-state index >= 15 is 0 Å². The lowest BCUT2D eigenvalue weighted by molar-refractivity contribution is 0.300. The van der Waals surface area contributed by atoms with Crippen LogP contribution >= 0.6 is 11.6 Å². The van der Waals surface area contributed by atoms with Crippen LogP contribution in [-0.2, 0) is 13.0 Å². The van der Waals surface area contributed by atoms with Crippen molar-refractivity contribution in [1.29, 1.82) is 0 Å². The van der Waals surface area contributed by atoms with Crippen LogP contribution in [0.4, 0.5) is 5.95 Å². The van der Waals surface area contributed by atoms with E-state index in [4.69, 9.17) is 22.1 Å². The molecule has 0 amide bonds. The molecular formula is C18H21ClN4O2. The highest BCUT2D eigenvalue weighted by Crippen LogP contribution is 2.30. The molecule has 0 saturated carbocycles. The summed E-state index contributed by atoms with van der Waals surface area (Å²) in [6.45, 7) is 4.68. The van der Waals surface area contributed by atoms with E-state index in [9.17, 15) is 5.11 Å². The smallest absolute Gasteiger partial charge is 0.223 e. The molecular weight excluding hydrogens is 340 g/mol. The molecule has 0 aliphatic carbocycles. The predicted molar refractivity (Wildman–Crippen MR) is 99.3 cm³/mol. The van der Waals surface area contributed by atoms with Gasteiger partial charge in [-0.15, -0.1) is 0 Å². The van der Waals surface area contributed by atoms with Gasteiger partial charge in [-0.2, -0.15) is 4.98 Å². The molecule has 3 N–H and O–H groups in total. The first-order valence-electron chi connectivity index (χ1n) is 8.01. The molecule has 132 valence electrons. The van der Waals surface area contributed by atoms with Gasteiger partial charge in [-0.3, -0.25) is 0 Å². The fourth-order valence-corrected chi connectivity index (χ4v) is 3.50. The summed E-state index contributed by atoms with van der Waals surface area (Å²) >= 11 is 6.27. The summed E-state index contributed by atoms with van der Waals surface area (Å²) in [5.41, 5.74) is 10.6. The van der Waals surface area contributed by atoms with Crippen molar-refractivity contribution in [2.24, 2.45) is 0 Å². The lowest BCUT2D eigenvalue weighted by atomic mass is 10.0. The molecule has 0 spiro atoms. The van der Waals surface area contributed by atoms with Crippen LogP contribution in [0, 0.1) is 13.8 Å². The SMILES string of the molecule is COc1c(C)ccc(Cn2cc(CCO)c3c(Cl)nc(N)nc32)c1C. The average Bonchev–Trinajstić information content (AvgIpc) is 2.89. The van der Waals surface area contributed by atoms with Gasteiger partial charge in [-0.1, -0.05) is 23.7 Å². The maximum absolute atomic E-state index is 9.33. The van der Waals surface area contributed by atoms with E-state index in [0.29, 0.717) is 23.8 Å². The van der Waals surface area contributed by atoms with Gasteiger partial charge in [0.15, 0.2) is 0 Å². The van der Waals surface area contributed by atoms with Gasteiger partial charge in [-0.25, -0.2) is 4.98 Å². The molecule has 0 radical (unpaired) electrons. The molecule has 0 saturated heterocycles. The first-order chi connectivity index (χ1) is 12.0. The van der Waals surface area contributed by atoms with Crippen LogP contribution in [0.5, 0.6) is 5.75 Å². The molecule has 1 aromatic carbocycles. The highest BCUT2D eigenvalue weighted by Gasteiger charge is 2.17. The van der Waals surface area contributed by atoms with Crippen molar-refractivity contribution in [2.45, 2.75) is 26.8 Å². The molecule has 0 aliphatic rings. The maximum Gasteiger partial charge on any atom is 0.223 e. The molecule has 0 bridgehead atoms. The number of fused-ring (bicyclic) bond motifs is 1. The molecule has 2 heterocycles. The highest BCUT2D eigenvalue weighted by atomic mass is 35.5. The van der Waals surface area contributed by atoms with Crippen LogP contribution in [0.15, 0.2) is 18.3 Å². The summed E-state index contributed by atoms with van der Waals surface area (Å²) in [5.74, 6) is 1.02. The van der Waals surface area contributed by atoms with Crippen LogP contribution in [0.3, 0.4) is 0 Å². The van der Waals surface area contributed by atoms with E-state index < -0.39 is 0 Å². The van der Waals surface area contributed by atoms with E-state index in [0.717, 1.165) is 33.4 Å². The summed E-state index contributed by atoms with van der Waals surface area (Å²) in [4.78, 5) is 8.40. The normalized spacial score (nSPS) is 11.2. The van der Waals surface area contributed by atoms with Gasteiger partial charge in [-0.05, 0) is 42.5 Å². The zero-order valence-electron chi connectivity index (χ0n) is 14.5. The molecule has 0 aliphatic heterocycles. The number of ether oxygens (including phenoxy) is 1. The van der Waals surface area contributed by atoms with Gasteiger partial charge < -0.3 is 20.1 Å². The number of rotatable bonds is 5. The van der Waals surface area contributed by atoms with E-state index in [1.54, 1.807) is 7.11 Å². The number of nitrogen functional groups attached to an aromatic ring is 1. The third-order valence-electron chi connectivity index (χ3n) is 4.41. The average molecular weight is 361 g/mol. The number of nitrogens with two attached hydrogens (primary N) is 1. The molecule has 2 aromatic heterocycles. The Balaban J connectivity index is 2.14. The number of aromatic nitrogens is 3. The van der Waals surface area contributed by atoms with E-state index in [1.807, 2.05) is 30.7 Å². The number of methoxy groups -OCH3 is 1. The fourth-order valence-electron chi connectivity index (χ4n) is 3.20. The minimum Gasteiger partial charge on any atom is -0.496 e. The minimum absolute atomic E-state index is 0.0250. The van der Waals surface area contributed by atoms with Crippen molar-refractivity contribution in [3.8, 4) is 5.75 Å². The number of hydrogen-bond acceptors (Lipinski definition) is 5. The molecule has 6 nitrogen and oxygen atoms in total. The number of benzene rings is 1. The molecule has 3 aromatic rings. The number of aryl methyl sites for hydroxylation is 1. The molecule has 0 atom stereocenters. The summed E-state index contributed by atoms with van der Waals surface area (Å²) in [6, 6.07) is 4.12. The van der Waals surface area contributed by atoms with Gasteiger partial charge >= 0.3 is 0 Å². The van der Waals surface area contributed by atoms with Crippen molar-refractivity contribution in [1.82, 2.24) is 14.5 Å². The Labute approximate surface area is 151 Å². The van der Waals surface area contributed by atoms with Gasteiger partial charge in [0.25, 0.3) is 0 Å².